The Morgan fingerprint density at radius 1 is 1.09 bits per heavy atom. The lowest BCUT2D eigenvalue weighted by molar-refractivity contribution is 0.0696. The van der Waals surface area contributed by atoms with E-state index in [0.717, 1.165) is 18.7 Å². The Kier molecular flexibility index (Phi) is 5.98. The number of carboxylic acids is 1. The van der Waals surface area contributed by atoms with Crippen molar-refractivity contribution in [1.29, 1.82) is 0 Å². The number of anilines is 3. The van der Waals surface area contributed by atoms with Crippen LogP contribution < -0.4 is 20.7 Å². The third kappa shape index (κ3) is 4.67. The number of hydrogen-bond acceptors (Lipinski definition) is 5. The van der Waals surface area contributed by atoms with Crippen molar-refractivity contribution in [1.82, 2.24) is 0 Å². The summed E-state index contributed by atoms with van der Waals surface area (Å²) in [4.78, 5) is 25.9. The zero-order valence-electron chi connectivity index (χ0n) is 17.7. The third-order valence-corrected chi connectivity index (χ3v) is 5.58. The third-order valence-electron chi connectivity index (χ3n) is 5.58. The fraction of sp³-hybridized carbons (Fsp3) is 0.200. The molecule has 32 heavy (non-hydrogen) atoms. The molecule has 1 aliphatic rings. The van der Waals surface area contributed by atoms with Crippen molar-refractivity contribution in [2.24, 2.45) is 0 Å². The molecule has 0 aliphatic carbocycles. The first-order valence-electron chi connectivity index (χ1n) is 10.4. The molecule has 1 amide bonds. The average Bonchev–Trinajstić information content (AvgIpc) is 3.23. The van der Waals surface area contributed by atoms with Gasteiger partial charge in [0.05, 0.1) is 23.5 Å². The minimum Gasteiger partial charge on any atom is -0.489 e. The van der Waals surface area contributed by atoms with E-state index in [0.29, 0.717) is 34.8 Å². The summed E-state index contributed by atoms with van der Waals surface area (Å²) < 4.78 is 6.07. The number of carbonyl (C=O) groups excluding carboxylic acids is 1. The van der Waals surface area contributed by atoms with Crippen molar-refractivity contribution < 1.29 is 19.4 Å². The first-order chi connectivity index (χ1) is 15.4. The minimum absolute atomic E-state index is 0.00843. The number of nitrogens with two attached hydrogens (primary N) is 1. The second-order valence-electron chi connectivity index (χ2n) is 7.84. The van der Waals surface area contributed by atoms with Crippen molar-refractivity contribution in [3.05, 3.63) is 83.4 Å². The SMILES string of the molecule is Cc1cc(O[C@H]2CCN(c3ccc(C(=O)Nc4ccccc4N)cc3)C2)ccc1C(=O)O. The van der Waals surface area contributed by atoms with Gasteiger partial charge in [0.2, 0.25) is 0 Å². The largest absolute Gasteiger partial charge is 0.489 e. The van der Waals surface area contributed by atoms with E-state index in [2.05, 4.69) is 10.2 Å². The van der Waals surface area contributed by atoms with Gasteiger partial charge in [-0.15, -0.1) is 0 Å². The van der Waals surface area contributed by atoms with Crippen LogP contribution in [-0.2, 0) is 0 Å². The van der Waals surface area contributed by atoms with Crippen LogP contribution in [0, 0.1) is 6.92 Å². The minimum atomic E-state index is -0.939. The summed E-state index contributed by atoms with van der Waals surface area (Å²) in [6.45, 7) is 3.32. The summed E-state index contributed by atoms with van der Waals surface area (Å²) >= 11 is 0. The number of nitrogens with zero attached hydrogens (tertiary/aromatic N) is 1. The molecule has 1 heterocycles. The lowest BCUT2D eigenvalue weighted by Crippen LogP contribution is -2.24. The number of ether oxygens (including phenoxy) is 1. The zero-order valence-corrected chi connectivity index (χ0v) is 17.7. The van der Waals surface area contributed by atoms with E-state index in [4.69, 9.17) is 15.6 Å². The van der Waals surface area contributed by atoms with Crippen molar-refractivity contribution in [3.8, 4) is 5.75 Å². The quantitative estimate of drug-likeness (QED) is 0.506. The number of carbonyl (C=O) groups is 2. The van der Waals surface area contributed by atoms with Gasteiger partial charge < -0.3 is 25.8 Å². The maximum atomic E-state index is 12.5. The van der Waals surface area contributed by atoms with Crippen molar-refractivity contribution in [3.63, 3.8) is 0 Å². The second kappa shape index (κ2) is 9.01. The topological polar surface area (TPSA) is 105 Å². The summed E-state index contributed by atoms with van der Waals surface area (Å²) in [5.74, 6) is -0.478. The highest BCUT2D eigenvalue weighted by Crippen LogP contribution is 2.26. The zero-order chi connectivity index (χ0) is 22.7. The summed E-state index contributed by atoms with van der Waals surface area (Å²) in [7, 11) is 0. The molecule has 1 saturated heterocycles. The van der Waals surface area contributed by atoms with Crippen LogP contribution in [0.2, 0.25) is 0 Å². The van der Waals surface area contributed by atoms with E-state index in [-0.39, 0.29) is 17.6 Å². The normalized spacial score (nSPS) is 15.4. The predicted octanol–water partition coefficient (Wildman–Crippen LogP) is 4.19. The highest BCUT2D eigenvalue weighted by atomic mass is 16.5. The fourth-order valence-electron chi connectivity index (χ4n) is 3.83. The van der Waals surface area contributed by atoms with Gasteiger partial charge in [0.15, 0.2) is 0 Å². The number of carboxylic acid groups (broad SMARTS) is 1. The monoisotopic (exact) mass is 431 g/mol. The summed E-state index contributed by atoms with van der Waals surface area (Å²) in [5.41, 5.74) is 9.53. The lowest BCUT2D eigenvalue weighted by atomic mass is 10.1. The van der Waals surface area contributed by atoms with E-state index in [1.807, 2.05) is 24.3 Å². The molecule has 1 atom stereocenters. The van der Waals surface area contributed by atoms with Gasteiger partial charge in [-0.25, -0.2) is 4.79 Å². The Balaban J connectivity index is 1.36. The van der Waals surface area contributed by atoms with Crippen LogP contribution in [0.5, 0.6) is 5.75 Å². The number of aryl methyl sites for hydroxylation is 1. The van der Waals surface area contributed by atoms with Crippen LogP contribution in [-0.4, -0.2) is 36.2 Å². The fourth-order valence-corrected chi connectivity index (χ4v) is 3.83. The van der Waals surface area contributed by atoms with Gasteiger partial charge in [-0.2, -0.15) is 0 Å². The molecular weight excluding hydrogens is 406 g/mol. The van der Waals surface area contributed by atoms with Gasteiger partial charge in [-0.3, -0.25) is 4.79 Å². The van der Waals surface area contributed by atoms with E-state index in [1.54, 1.807) is 49.4 Å². The molecule has 4 N–H and O–H groups in total. The molecule has 0 spiro atoms. The van der Waals surface area contributed by atoms with E-state index in [9.17, 15) is 9.59 Å². The van der Waals surface area contributed by atoms with Crippen LogP contribution in [0.25, 0.3) is 0 Å². The number of para-hydroxylation sites is 2. The van der Waals surface area contributed by atoms with Gasteiger partial charge in [-0.05, 0) is 67.1 Å². The number of nitrogen functional groups attached to an aromatic ring is 1. The molecule has 0 bridgehead atoms. The van der Waals surface area contributed by atoms with E-state index >= 15 is 0 Å². The number of nitrogens with one attached hydrogen (secondary N) is 1. The molecule has 7 heteroatoms. The molecule has 164 valence electrons. The van der Waals surface area contributed by atoms with Crippen molar-refractivity contribution in [2.75, 3.05) is 29.0 Å². The predicted molar refractivity (Wildman–Crippen MR) is 125 cm³/mol. The first kappa shape index (κ1) is 21.2. The summed E-state index contributed by atoms with van der Waals surface area (Å²) in [5, 5.41) is 12.0. The smallest absolute Gasteiger partial charge is 0.335 e. The first-order valence-corrected chi connectivity index (χ1v) is 10.4. The standard InChI is InChI=1S/C25H25N3O4/c1-16-14-19(10-11-21(16)25(30)31)32-20-12-13-28(15-20)18-8-6-17(7-9-18)24(29)27-23-5-3-2-4-22(23)26/h2-11,14,20H,12-13,15,26H2,1H3,(H,27,29)(H,30,31)/t20-/m0/s1. The summed E-state index contributed by atoms with van der Waals surface area (Å²) in [6, 6.07) is 19.6. The summed E-state index contributed by atoms with van der Waals surface area (Å²) in [6.07, 6.45) is 0.865. The molecule has 0 unspecified atom stereocenters. The molecule has 1 fully saturated rings. The van der Waals surface area contributed by atoms with Gasteiger partial charge >= 0.3 is 5.97 Å². The lowest BCUT2D eigenvalue weighted by Gasteiger charge is -2.19. The second-order valence-corrected chi connectivity index (χ2v) is 7.84. The van der Waals surface area contributed by atoms with Crippen LogP contribution in [0.3, 0.4) is 0 Å². The van der Waals surface area contributed by atoms with Gasteiger partial charge in [-0.1, -0.05) is 12.1 Å². The van der Waals surface area contributed by atoms with Crippen LogP contribution >= 0.6 is 0 Å². The highest BCUT2D eigenvalue weighted by molar-refractivity contribution is 6.05. The van der Waals surface area contributed by atoms with Crippen LogP contribution in [0.15, 0.2) is 66.7 Å². The molecule has 3 aromatic rings. The number of benzene rings is 3. The molecule has 1 aliphatic heterocycles. The molecular formula is C25H25N3O4. The number of hydrogen-bond donors (Lipinski definition) is 3. The van der Waals surface area contributed by atoms with Gasteiger partial charge in [0.1, 0.15) is 11.9 Å². The Morgan fingerprint density at radius 3 is 2.53 bits per heavy atom. The number of amides is 1. The molecule has 7 nitrogen and oxygen atoms in total. The molecule has 4 rings (SSSR count). The van der Waals surface area contributed by atoms with Crippen LogP contribution in [0.1, 0.15) is 32.7 Å². The Labute approximate surface area is 186 Å². The maximum Gasteiger partial charge on any atom is 0.335 e. The molecule has 0 radical (unpaired) electrons. The van der Waals surface area contributed by atoms with Crippen LogP contribution in [0.4, 0.5) is 17.1 Å². The van der Waals surface area contributed by atoms with Crippen molar-refractivity contribution >= 4 is 28.9 Å². The number of aromatic carboxylic acids is 1. The Morgan fingerprint density at radius 2 is 1.84 bits per heavy atom. The highest BCUT2D eigenvalue weighted by Gasteiger charge is 2.24. The van der Waals surface area contributed by atoms with Gasteiger partial charge in [0, 0.05) is 24.2 Å². The van der Waals surface area contributed by atoms with Gasteiger partial charge in [0.25, 0.3) is 5.91 Å². The van der Waals surface area contributed by atoms with Crippen molar-refractivity contribution in [2.45, 2.75) is 19.4 Å². The number of rotatable bonds is 6. The Hall–Kier alpha value is -4.00. The van der Waals surface area contributed by atoms with E-state index in [1.165, 1.54) is 0 Å². The van der Waals surface area contributed by atoms with E-state index < -0.39 is 5.97 Å². The Bertz CT molecular complexity index is 1140. The molecule has 3 aromatic carbocycles. The maximum absolute atomic E-state index is 12.5. The average molecular weight is 431 g/mol. The molecule has 0 aromatic heterocycles. The molecule has 0 saturated carbocycles.